The number of rotatable bonds is 5. The Morgan fingerprint density at radius 1 is 1.07 bits per heavy atom. The largest absolute Gasteiger partial charge is 0.464 e. The summed E-state index contributed by atoms with van der Waals surface area (Å²) >= 11 is 0. The molecule has 0 atom stereocenters. The number of likely N-dealkylation sites (N-methyl/N-ethyl adjacent to an activating group) is 1. The number of anilines is 1. The van der Waals surface area contributed by atoms with Gasteiger partial charge in [-0.15, -0.1) is 0 Å². The molecule has 0 spiro atoms. The van der Waals surface area contributed by atoms with Crippen LogP contribution in [0.4, 0.5) is 5.69 Å². The van der Waals surface area contributed by atoms with Crippen LogP contribution in [0, 0.1) is 20.8 Å². The quantitative estimate of drug-likeness (QED) is 0.744. The fraction of sp³-hybridized carbons (Fsp3) is 0.273. The first-order valence-electron chi connectivity index (χ1n) is 8.92. The number of furan rings is 1. The van der Waals surface area contributed by atoms with E-state index in [2.05, 4.69) is 5.32 Å². The fourth-order valence-electron chi connectivity index (χ4n) is 3.12. The van der Waals surface area contributed by atoms with Crippen LogP contribution in [0.2, 0.25) is 0 Å². The number of hydrogen-bond donors (Lipinski definition) is 1. The van der Waals surface area contributed by atoms with Crippen molar-refractivity contribution in [1.82, 2.24) is 4.90 Å². The lowest BCUT2D eigenvalue weighted by Crippen LogP contribution is -2.36. The number of nitrogens with zero attached hydrogens (tertiary/aromatic N) is 1. The minimum Gasteiger partial charge on any atom is -0.464 e. The Hall–Kier alpha value is -3.08. The van der Waals surface area contributed by atoms with Gasteiger partial charge < -0.3 is 14.6 Å². The summed E-state index contributed by atoms with van der Waals surface area (Å²) in [5.74, 6) is -0.342. The van der Waals surface area contributed by atoms with Crippen LogP contribution in [0.15, 0.2) is 47.1 Å². The molecular weight excluding hydrogens is 340 g/mol. The molecule has 5 heteroatoms. The van der Waals surface area contributed by atoms with E-state index in [-0.39, 0.29) is 24.8 Å². The molecule has 27 heavy (non-hydrogen) atoms. The summed E-state index contributed by atoms with van der Waals surface area (Å²) in [5, 5.41) is 3.84. The number of nitrogens with one attached hydrogen (secondary N) is 1. The van der Waals surface area contributed by atoms with E-state index in [1.165, 1.54) is 4.90 Å². The maximum atomic E-state index is 12.5. The van der Waals surface area contributed by atoms with Gasteiger partial charge in [-0.05, 0) is 43.5 Å². The van der Waals surface area contributed by atoms with E-state index in [9.17, 15) is 9.59 Å². The Bertz CT molecular complexity index is 984. The zero-order valence-electron chi connectivity index (χ0n) is 16.1. The molecule has 0 saturated carbocycles. The maximum absolute atomic E-state index is 12.5. The predicted octanol–water partition coefficient (Wildman–Crippen LogP) is 4.00. The van der Waals surface area contributed by atoms with Gasteiger partial charge in [-0.3, -0.25) is 9.59 Å². The van der Waals surface area contributed by atoms with Crippen LogP contribution in [-0.2, 0) is 16.0 Å². The molecular formula is C22H24N2O3. The number of benzene rings is 2. The molecule has 2 amide bonds. The summed E-state index contributed by atoms with van der Waals surface area (Å²) in [6, 6.07) is 11.8. The lowest BCUT2D eigenvalue weighted by Gasteiger charge is -2.18. The summed E-state index contributed by atoms with van der Waals surface area (Å²) in [5.41, 5.74) is 5.51. The van der Waals surface area contributed by atoms with Crippen LogP contribution in [0.3, 0.4) is 0 Å². The average molecular weight is 364 g/mol. The summed E-state index contributed by atoms with van der Waals surface area (Å²) in [6.07, 6.45) is 1.82. The van der Waals surface area contributed by atoms with Crippen molar-refractivity contribution in [2.45, 2.75) is 27.2 Å². The minimum atomic E-state index is -0.212. The van der Waals surface area contributed by atoms with Crippen molar-refractivity contribution in [3.05, 3.63) is 64.9 Å². The normalized spacial score (nSPS) is 10.8. The van der Waals surface area contributed by atoms with Crippen LogP contribution >= 0.6 is 0 Å². The molecule has 1 N–H and O–H groups in total. The SMILES string of the molecule is Cc1ccc2c(CC(=O)N(C)CC(=O)Nc3c(C)cccc3C)coc2c1. The second-order valence-electron chi connectivity index (χ2n) is 7.00. The van der Waals surface area contributed by atoms with E-state index in [4.69, 9.17) is 4.42 Å². The van der Waals surface area contributed by atoms with Gasteiger partial charge in [-0.2, -0.15) is 0 Å². The van der Waals surface area contributed by atoms with E-state index in [1.54, 1.807) is 13.3 Å². The van der Waals surface area contributed by atoms with E-state index in [0.29, 0.717) is 0 Å². The molecule has 3 aromatic rings. The van der Waals surface area contributed by atoms with Crippen LogP contribution in [-0.4, -0.2) is 30.3 Å². The Labute approximate surface area is 159 Å². The summed E-state index contributed by atoms with van der Waals surface area (Å²) in [4.78, 5) is 26.3. The molecule has 1 aromatic heterocycles. The number of carbonyl (C=O) groups is 2. The smallest absolute Gasteiger partial charge is 0.243 e. The van der Waals surface area contributed by atoms with Crippen molar-refractivity contribution in [1.29, 1.82) is 0 Å². The Morgan fingerprint density at radius 2 is 1.78 bits per heavy atom. The molecule has 0 aliphatic heterocycles. The Balaban J connectivity index is 1.64. The molecule has 3 rings (SSSR count). The first-order valence-corrected chi connectivity index (χ1v) is 8.92. The highest BCUT2D eigenvalue weighted by molar-refractivity contribution is 5.96. The van der Waals surface area contributed by atoms with Crippen LogP contribution < -0.4 is 5.32 Å². The third kappa shape index (κ3) is 4.19. The van der Waals surface area contributed by atoms with Crippen molar-refractivity contribution >= 4 is 28.5 Å². The first kappa shape index (κ1) is 18.7. The summed E-state index contributed by atoms with van der Waals surface area (Å²) < 4.78 is 5.55. The summed E-state index contributed by atoms with van der Waals surface area (Å²) in [6.45, 7) is 5.89. The third-order valence-corrected chi connectivity index (χ3v) is 4.70. The van der Waals surface area contributed by atoms with Gasteiger partial charge in [0.2, 0.25) is 11.8 Å². The van der Waals surface area contributed by atoms with Crippen molar-refractivity contribution in [2.75, 3.05) is 18.9 Å². The van der Waals surface area contributed by atoms with Crippen LogP contribution in [0.5, 0.6) is 0 Å². The molecule has 0 fully saturated rings. The second kappa shape index (κ2) is 7.66. The van der Waals surface area contributed by atoms with E-state index in [0.717, 1.165) is 38.9 Å². The van der Waals surface area contributed by atoms with Crippen molar-refractivity contribution in [3.8, 4) is 0 Å². The van der Waals surface area contributed by atoms with Gasteiger partial charge in [-0.25, -0.2) is 0 Å². The molecule has 140 valence electrons. The molecule has 0 aliphatic rings. The molecule has 5 nitrogen and oxygen atoms in total. The van der Waals surface area contributed by atoms with Gasteiger partial charge >= 0.3 is 0 Å². The highest BCUT2D eigenvalue weighted by atomic mass is 16.3. The fourth-order valence-corrected chi connectivity index (χ4v) is 3.12. The summed E-state index contributed by atoms with van der Waals surface area (Å²) in [7, 11) is 1.64. The number of aryl methyl sites for hydroxylation is 3. The van der Waals surface area contributed by atoms with Gasteiger partial charge in [0.25, 0.3) is 0 Å². The number of fused-ring (bicyclic) bond motifs is 1. The average Bonchev–Trinajstić information content (AvgIpc) is 3.00. The Kier molecular flexibility index (Phi) is 5.31. The molecule has 2 aromatic carbocycles. The van der Waals surface area contributed by atoms with Crippen molar-refractivity contribution < 1.29 is 14.0 Å². The maximum Gasteiger partial charge on any atom is 0.243 e. The number of amides is 2. The van der Waals surface area contributed by atoms with E-state index < -0.39 is 0 Å². The third-order valence-electron chi connectivity index (χ3n) is 4.70. The van der Waals surface area contributed by atoms with Gasteiger partial charge in [0.05, 0.1) is 19.2 Å². The molecule has 1 heterocycles. The monoisotopic (exact) mass is 364 g/mol. The van der Waals surface area contributed by atoms with Gasteiger partial charge in [0.1, 0.15) is 5.58 Å². The van der Waals surface area contributed by atoms with Crippen LogP contribution in [0.1, 0.15) is 22.3 Å². The molecule has 0 saturated heterocycles. The molecule has 0 radical (unpaired) electrons. The van der Waals surface area contributed by atoms with E-state index >= 15 is 0 Å². The highest BCUT2D eigenvalue weighted by Crippen LogP contribution is 2.23. The number of hydrogen-bond acceptors (Lipinski definition) is 3. The Morgan fingerprint density at radius 3 is 2.48 bits per heavy atom. The first-order chi connectivity index (χ1) is 12.8. The standard InChI is InChI=1S/C22H24N2O3/c1-14-8-9-18-17(13-27-19(18)10-14)11-21(26)24(4)12-20(25)23-22-15(2)6-5-7-16(22)3/h5-10,13H,11-12H2,1-4H3,(H,23,25). The van der Waals surface area contributed by atoms with Gasteiger partial charge in [-0.1, -0.05) is 30.3 Å². The van der Waals surface area contributed by atoms with Crippen molar-refractivity contribution in [3.63, 3.8) is 0 Å². The molecule has 0 aliphatic carbocycles. The van der Waals surface area contributed by atoms with Gasteiger partial charge in [0, 0.05) is 23.7 Å². The minimum absolute atomic E-state index is 0.00149. The van der Waals surface area contributed by atoms with E-state index in [1.807, 2.05) is 57.2 Å². The van der Waals surface area contributed by atoms with Crippen LogP contribution in [0.25, 0.3) is 11.0 Å². The predicted molar refractivity (Wildman–Crippen MR) is 107 cm³/mol. The number of para-hydroxylation sites is 1. The molecule has 0 unspecified atom stereocenters. The zero-order valence-corrected chi connectivity index (χ0v) is 16.1. The van der Waals surface area contributed by atoms with Crippen molar-refractivity contribution in [2.24, 2.45) is 0 Å². The lowest BCUT2D eigenvalue weighted by atomic mass is 10.1. The highest BCUT2D eigenvalue weighted by Gasteiger charge is 2.17. The number of carbonyl (C=O) groups excluding carboxylic acids is 2. The second-order valence-corrected chi connectivity index (χ2v) is 7.00. The molecule has 0 bridgehead atoms. The zero-order chi connectivity index (χ0) is 19.6. The van der Waals surface area contributed by atoms with Gasteiger partial charge in [0.15, 0.2) is 0 Å². The topological polar surface area (TPSA) is 62.6 Å². The lowest BCUT2D eigenvalue weighted by molar-refractivity contribution is -0.132.